The quantitative estimate of drug-likeness (QED) is 0.860. The molecule has 0 aromatic carbocycles. The Bertz CT molecular complexity index is 489. The van der Waals surface area contributed by atoms with Crippen LogP contribution in [0.2, 0.25) is 0 Å². The fourth-order valence-electron chi connectivity index (χ4n) is 1.24. The Kier molecular flexibility index (Phi) is 2.51. The molecule has 0 fully saturated rings. The van der Waals surface area contributed by atoms with Gasteiger partial charge in [0.25, 0.3) is 0 Å². The largest absolute Gasteiger partial charge is 0.476 e. The molecule has 5 nitrogen and oxygen atoms in total. The number of rotatable bonds is 3. The molecule has 2 heterocycles. The van der Waals surface area contributed by atoms with Gasteiger partial charge in [-0.25, -0.2) is 14.8 Å². The first-order valence-electron chi connectivity index (χ1n) is 4.41. The molecule has 2 aromatic heterocycles. The molecule has 2 rings (SSSR count). The second kappa shape index (κ2) is 3.82. The maximum atomic E-state index is 10.7. The topological polar surface area (TPSA) is 68.0 Å². The molecule has 0 amide bonds. The standard InChI is InChI=1S/C9H9N3O2S/c1-2-12-5-10-3-7(12)8-11-6(4-15-8)9(13)14/h3-5H,2H2,1H3,(H,13,14). The Labute approximate surface area is 90.0 Å². The zero-order valence-electron chi connectivity index (χ0n) is 8.04. The maximum Gasteiger partial charge on any atom is 0.355 e. The monoisotopic (exact) mass is 223 g/mol. The second-order valence-electron chi connectivity index (χ2n) is 2.91. The van der Waals surface area contributed by atoms with Crippen molar-refractivity contribution in [1.29, 1.82) is 0 Å². The molecule has 0 aliphatic heterocycles. The lowest BCUT2D eigenvalue weighted by molar-refractivity contribution is 0.0691. The lowest BCUT2D eigenvalue weighted by atomic mass is 10.4. The van der Waals surface area contributed by atoms with Crippen LogP contribution in [0.5, 0.6) is 0 Å². The summed E-state index contributed by atoms with van der Waals surface area (Å²) in [5.74, 6) is -1.000. The van der Waals surface area contributed by atoms with E-state index in [4.69, 9.17) is 5.11 Å². The van der Waals surface area contributed by atoms with Gasteiger partial charge in [0.1, 0.15) is 5.01 Å². The summed E-state index contributed by atoms with van der Waals surface area (Å²) in [5, 5.41) is 11.0. The zero-order valence-corrected chi connectivity index (χ0v) is 8.86. The third kappa shape index (κ3) is 1.75. The average Bonchev–Trinajstić information content (AvgIpc) is 2.85. The van der Waals surface area contributed by atoms with E-state index < -0.39 is 5.97 Å². The highest BCUT2D eigenvalue weighted by Gasteiger charge is 2.12. The highest BCUT2D eigenvalue weighted by atomic mass is 32.1. The van der Waals surface area contributed by atoms with Crippen molar-refractivity contribution in [3.63, 3.8) is 0 Å². The fraction of sp³-hybridized carbons (Fsp3) is 0.222. The summed E-state index contributed by atoms with van der Waals surface area (Å²) in [6, 6.07) is 0. The van der Waals surface area contributed by atoms with Gasteiger partial charge in [0.05, 0.1) is 18.2 Å². The molecular weight excluding hydrogens is 214 g/mol. The van der Waals surface area contributed by atoms with E-state index in [-0.39, 0.29) is 5.69 Å². The van der Waals surface area contributed by atoms with Crippen molar-refractivity contribution in [2.75, 3.05) is 0 Å². The van der Waals surface area contributed by atoms with Gasteiger partial charge in [-0.3, -0.25) is 0 Å². The minimum absolute atomic E-state index is 0.0823. The van der Waals surface area contributed by atoms with E-state index in [9.17, 15) is 4.79 Å². The summed E-state index contributed by atoms with van der Waals surface area (Å²) >= 11 is 1.31. The Morgan fingerprint density at radius 1 is 1.67 bits per heavy atom. The summed E-state index contributed by atoms with van der Waals surface area (Å²) in [7, 11) is 0. The van der Waals surface area contributed by atoms with E-state index in [1.807, 2.05) is 11.5 Å². The summed E-state index contributed by atoms with van der Waals surface area (Å²) in [6.07, 6.45) is 3.39. The van der Waals surface area contributed by atoms with Crippen LogP contribution in [0.25, 0.3) is 10.7 Å². The fourth-order valence-corrected chi connectivity index (χ4v) is 2.06. The van der Waals surface area contributed by atoms with Gasteiger partial charge in [0.15, 0.2) is 5.69 Å². The number of aromatic carboxylic acids is 1. The molecule has 0 bridgehead atoms. The van der Waals surface area contributed by atoms with Crippen LogP contribution in [0, 0.1) is 0 Å². The minimum Gasteiger partial charge on any atom is -0.476 e. The molecule has 15 heavy (non-hydrogen) atoms. The smallest absolute Gasteiger partial charge is 0.355 e. The molecule has 6 heteroatoms. The number of thiazole rings is 1. The van der Waals surface area contributed by atoms with Crippen molar-refractivity contribution in [3.8, 4) is 10.7 Å². The summed E-state index contributed by atoms with van der Waals surface area (Å²) < 4.78 is 1.92. The van der Waals surface area contributed by atoms with E-state index >= 15 is 0 Å². The number of carboxylic acids is 1. The number of carboxylic acid groups (broad SMARTS) is 1. The molecule has 0 saturated carbocycles. The van der Waals surface area contributed by atoms with E-state index in [1.54, 1.807) is 12.5 Å². The van der Waals surface area contributed by atoms with Crippen LogP contribution in [-0.2, 0) is 6.54 Å². The van der Waals surface area contributed by atoms with Crippen molar-refractivity contribution in [2.45, 2.75) is 13.5 Å². The van der Waals surface area contributed by atoms with Crippen LogP contribution in [0.3, 0.4) is 0 Å². The SMILES string of the molecule is CCn1cncc1-c1nc(C(=O)O)cs1. The van der Waals surface area contributed by atoms with Gasteiger partial charge < -0.3 is 9.67 Å². The van der Waals surface area contributed by atoms with Gasteiger partial charge in [-0.15, -0.1) is 11.3 Å². The van der Waals surface area contributed by atoms with Gasteiger partial charge in [-0.2, -0.15) is 0 Å². The third-order valence-electron chi connectivity index (χ3n) is 2.00. The molecule has 0 unspecified atom stereocenters. The molecule has 1 N–H and O–H groups in total. The van der Waals surface area contributed by atoms with E-state index in [2.05, 4.69) is 9.97 Å². The Balaban J connectivity index is 2.41. The van der Waals surface area contributed by atoms with Crippen molar-refractivity contribution in [2.24, 2.45) is 0 Å². The summed E-state index contributed by atoms with van der Waals surface area (Å²) in [4.78, 5) is 18.7. The predicted octanol–water partition coefficient (Wildman–Crippen LogP) is 1.72. The number of carbonyl (C=O) groups is 1. The first kappa shape index (κ1) is 9.85. The van der Waals surface area contributed by atoms with Crippen molar-refractivity contribution in [1.82, 2.24) is 14.5 Å². The number of imidazole rings is 1. The van der Waals surface area contributed by atoms with E-state index in [0.717, 1.165) is 12.2 Å². The van der Waals surface area contributed by atoms with E-state index in [1.165, 1.54) is 16.7 Å². The van der Waals surface area contributed by atoms with Crippen LogP contribution in [-0.4, -0.2) is 25.6 Å². The lowest BCUT2D eigenvalue weighted by Gasteiger charge is -1.99. The first-order chi connectivity index (χ1) is 7.22. The molecule has 78 valence electrons. The molecule has 0 atom stereocenters. The molecule has 0 aliphatic rings. The maximum absolute atomic E-state index is 10.7. The number of aromatic nitrogens is 3. The Morgan fingerprint density at radius 2 is 2.47 bits per heavy atom. The molecule has 2 aromatic rings. The summed E-state index contributed by atoms with van der Waals surface area (Å²) in [5.41, 5.74) is 0.939. The summed E-state index contributed by atoms with van der Waals surface area (Å²) in [6.45, 7) is 2.79. The van der Waals surface area contributed by atoms with Crippen LogP contribution in [0.1, 0.15) is 17.4 Å². The van der Waals surface area contributed by atoms with Gasteiger partial charge in [0.2, 0.25) is 0 Å². The third-order valence-corrected chi connectivity index (χ3v) is 2.86. The van der Waals surface area contributed by atoms with Crippen LogP contribution < -0.4 is 0 Å². The number of aryl methyl sites for hydroxylation is 1. The highest BCUT2D eigenvalue weighted by Crippen LogP contribution is 2.23. The number of hydrogen-bond donors (Lipinski definition) is 1. The minimum atomic E-state index is -1.000. The average molecular weight is 223 g/mol. The molecule has 0 radical (unpaired) electrons. The normalized spacial score (nSPS) is 10.5. The molecule has 0 aliphatic carbocycles. The molecular formula is C9H9N3O2S. The van der Waals surface area contributed by atoms with Crippen molar-refractivity contribution in [3.05, 3.63) is 23.6 Å². The van der Waals surface area contributed by atoms with Crippen LogP contribution in [0.4, 0.5) is 0 Å². The zero-order chi connectivity index (χ0) is 10.8. The van der Waals surface area contributed by atoms with Crippen molar-refractivity contribution < 1.29 is 9.90 Å². The van der Waals surface area contributed by atoms with Crippen molar-refractivity contribution >= 4 is 17.3 Å². The Hall–Kier alpha value is -1.69. The van der Waals surface area contributed by atoms with Crippen LogP contribution >= 0.6 is 11.3 Å². The van der Waals surface area contributed by atoms with E-state index in [0.29, 0.717) is 5.01 Å². The predicted molar refractivity (Wildman–Crippen MR) is 56.0 cm³/mol. The van der Waals surface area contributed by atoms with Gasteiger partial charge >= 0.3 is 5.97 Å². The number of hydrogen-bond acceptors (Lipinski definition) is 4. The molecule has 0 spiro atoms. The first-order valence-corrected chi connectivity index (χ1v) is 5.29. The highest BCUT2D eigenvalue weighted by molar-refractivity contribution is 7.13. The number of nitrogens with zero attached hydrogens (tertiary/aromatic N) is 3. The van der Waals surface area contributed by atoms with Crippen LogP contribution in [0.15, 0.2) is 17.9 Å². The van der Waals surface area contributed by atoms with Gasteiger partial charge in [0, 0.05) is 11.9 Å². The van der Waals surface area contributed by atoms with Gasteiger partial charge in [-0.1, -0.05) is 0 Å². The molecule has 0 saturated heterocycles. The lowest BCUT2D eigenvalue weighted by Crippen LogP contribution is -1.97. The Morgan fingerprint density at radius 3 is 3.07 bits per heavy atom. The second-order valence-corrected chi connectivity index (χ2v) is 3.77. The van der Waals surface area contributed by atoms with Gasteiger partial charge in [-0.05, 0) is 6.92 Å².